The Morgan fingerprint density at radius 3 is 2.93 bits per heavy atom. The van der Waals surface area contributed by atoms with Gasteiger partial charge in [0.05, 0.1) is 27.8 Å². The van der Waals surface area contributed by atoms with Crippen molar-refractivity contribution in [2.45, 2.75) is 19.4 Å². The van der Waals surface area contributed by atoms with Gasteiger partial charge in [0, 0.05) is 18.2 Å². The molecule has 6 nitrogen and oxygen atoms in total. The molecular formula is C20H16ClN5O. The fraction of sp³-hybridized carbons (Fsp3) is 0.200. The van der Waals surface area contributed by atoms with Crippen LogP contribution in [0, 0.1) is 11.3 Å². The van der Waals surface area contributed by atoms with E-state index in [-0.39, 0.29) is 6.10 Å². The van der Waals surface area contributed by atoms with Crippen LogP contribution in [0.25, 0.3) is 11.4 Å². The van der Waals surface area contributed by atoms with Crippen LogP contribution < -0.4 is 10.6 Å². The molecule has 0 spiro atoms. The number of halogens is 1. The summed E-state index contributed by atoms with van der Waals surface area (Å²) in [6, 6.07) is 15.2. The van der Waals surface area contributed by atoms with E-state index in [0.29, 0.717) is 16.3 Å². The number of ether oxygens (including phenoxy) is 1. The Labute approximate surface area is 161 Å². The third-order valence-corrected chi connectivity index (χ3v) is 4.72. The highest BCUT2D eigenvalue weighted by atomic mass is 35.5. The Balaban J connectivity index is 1.60. The molecule has 0 radical (unpaired) electrons. The lowest BCUT2D eigenvalue weighted by Crippen LogP contribution is -2.31. The third-order valence-electron chi connectivity index (χ3n) is 4.41. The second kappa shape index (κ2) is 7.22. The van der Waals surface area contributed by atoms with Crippen LogP contribution in [0.3, 0.4) is 0 Å². The topological polar surface area (TPSA) is 76.1 Å². The van der Waals surface area contributed by atoms with Crippen molar-refractivity contribution in [3.63, 3.8) is 0 Å². The molecule has 4 rings (SSSR count). The van der Waals surface area contributed by atoms with Crippen LogP contribution >= 0.6 is 11.6 Å². The monoisotopic (exact) mass is 377 g/mol. The normalized spacial score (nSPS) is 14.0. The molecule has 2 heterocycles. The number of rotatable bonds is 4. The van der Waals surface area contributed by atoms with Crippen molar-refractivity contribution in [2.24, 2.45) is 4.99 Å². The average Bonchev–Trinajstić information content (AvgIpc) is 3.18. The van der Waals surface area contributed by atoms with Crippen molar-refractivity contribution in [2.75, 3.05) is 6.54 Å². The van der Waals surface area contributed by atoms with Crippen molar-refractivity contribution in [3.05, 3.63) is 75.5 Å². The van der Waals surface area contributed by atoms with Crippen molar-refractivity contribution >= 4 is 17.4 Å². The van der Waals surface area contributed by atoms with Crippen molar-refractivity contribution in [1.82, 2.24) is 15.0 Å². The number of para-hydroxylation sites is 1. The molecule has 27 heavy (non-hydrogen) atoms. The molecule has 134 valence electrons. The van der Waals surface area contributed by atoms with Crippen LogP contribution in [0.2, 0.25) is 5.02 Å². The van der Waals surface area contributed by atoms with Gasteiger partial charge >= 0.3 is 0 Å². The molecule has 3 aromatic rings. The molecule has 0 amide bonds. The number of nitrogens with zero attached hydrogens (tertiary/aromatic N) is 5. The fourth-order valence-electron chi connectivity index (χ4n) is 2.98. The van der Waals surface area contributed by atoms with Gasteiger partial charge in [-0.05, 0) is 37.3 Å². The maximum absolute atomic E-state index is 8.99. The zero-order chi connectivity index (χ0) is 18.8. The van der Waals surface area contributed by atoms with Gasteiger partial charge in [-0.2, -0.15) is 5.26 Å². The van der Waals surface area contributed by atoms with Crippen LogP contribution in [-0.2, 0) is 4.74 Å². The summed E-state index contributed by atoms with van der Waals surface area (Å²) in [5.41, 5.74) is 1.87. The van der Waals surface area contributed by atoms with Gasteiger partial charge in [0.1, 0.15) is 23.6 Å². The van der Waals surface area contributed by atoms with Gasteiger partial charge in [0.2, 0.25) is 0 Å². The van der Waals surface area contributed by atoms with Crippen molar-refractivity contribution in [3.8, 4) is 11.8 Å². The van der Waals surface area contributed by atoms with E-state index in [0.717, 1.165) is 35.0 Å². The second-order valence-electron chi connectivity index (χ2n) is 6.20. The number of hydrogen-bond acceptors (Lipinski definition) is 5. The maximum Gasteiger partial charge on any atom is 0.141 e. The second-order valence-corrected chi connectivity index (χ2v) is 6.60. The standard InChI is InChI=1S/C20H16ClN5O/c1-13(27-20-8-9-23-18-5-3-2-4-16(18)20)19-12-26(25-24-19)15-7-6-14(11-22)17(21)10-15/h2-7,10,12-13H,8-9H2,1H3/t13-/m0/s1. The largest absolute Gasteiger partial charge is 0.488 e. The van der Waals surface area contributed by atoms with E-state index in [2.05, 4.69) is 15.3 Å². The number of aromatic nitrogens is 3. The summed E-state index contributed by atoms with van der Waals surface area (Å²) in [4.78, 5) is 4.52. The van der Waals surface area contributed by atoms with E-state index in [4.69, 9.17) is 21.6 Å². The molecule has 1 aliphatic rings. The van der Waals surface area contributed by atoms with Crippen LogP contribution in [0.15, 0.2) is 53.7 Å². The summed E-state index contributed by atoms with van der Waals surface area (Å²) < 4.78 is 7.81. The van der Waals surface area contributed by atoms with E-state index < -0.39 is 0 Å². The SMILES string of the molecule is C[C@H](OC1=c2ccccc2=NCC1)c1cn(-c2ccc(C#N)c(Cl)c2)nn1. The minimum atomic E-state index is -0.256. The quantitative estimate of drug-likeness (QED) is 0.700. The first-order valence-electron chi connectivity index (χ1n) is 8.57. The molecule has 0 saturated carbocycles. The smallest absolute Gasteiger partial charge is 0.141 e. The summed E-state index contributed by atoms with van der Waals surface area (Å²) in [5.74, 6) is 0.920. The molecule has 0 saturated heterocycles. The van der Waals surface area contributed by atoms with Gasteiger partial charge in [0.15, 0.2) is 0 Å². The zero-order valence-electron chi connectivity index (χ0n) is 14.6. The van der Waals surface area contributed by atoms with Crippen LogP contribution in [0.5, 0.6) is 0 Å². The molecule has 0 aliphatic carbocycles. The van der Waals surface area contributed by atoms with Gasteiger partial charge in [-0.15, -0.1) is 5.10 Å². The van der Waals surface area contributed by atoms with Crippen LogP contribution in [-0.4, -0.2) is 21.5 Å². The Morgan fingerprint density at radius 1 is 1.26 bits per heavy atom. The minimum Gasteiger partial charge on any atom is -0.488 e. The predicted octanol–water partition coefficient (Wildman–Crippen LogP) is 2.70. The lowest BCUT2D eigenvalue weighted by Gasteiger charge is -2.17. The summed E-state index contributed by atoms with van der Waals surface area (Å²) >= 11 is 6.10. The van der Waals surface area contributed by atoms with Gasteiger partial charge in [-0.3, -0.25) is 4.99 Å². The van der Waals surface area contributed by atoms with Gasteiger partial charge < -0.3 is 4.74 Å². The molecule has 0 fully saturated rings. The average molecular weight is 378 g/mol. The first kappa shape index (κ1) is 17.3. The highest BCUT2D eigenvalue weighted by Crippen LogP contribution is 2.23. The molecule has 2 aromatic carbocycles. The van der Waals surface area contributed by atoms with Crippen LogP contribution in [0.1, 0.15) is 30.7 Å². The maximum atomic E-state index is 8.99. The van der Waals surface area contributed by atoms with Crippen molar-refractivity contribution < 1.29 is 4.74 Å². The third kappa shape index (κ3) is 3.42. The highest BCUT2D eigenvalue weighted by Gasteiger charge is 2.16. The summed E-state index contributed by atoms with van der Waals surface area (Å²) in [5, 5.41) is 19.7. The fourth-order valence-corrected chi connectivity index (χ4v) is 3.20. The summed E-state index contributed by atoms with van der Waals surface area (Å²) in [6.45, 7) is 2.66. The molecule has 0 N–H and O–H groups in total. The Hall–Kier alpha value is -3.17. The minimum absolute atomic E-state index is 0.256. The lowest BCUT2D eigenvalue weighted by atomic mass is 10.1. The van der Waals surface area contributed by atoms with E-state index in [1.54, 1.807) is 22.9 Å². The Kier molecular flexibility index (Phi) is 4.61. The van der Waals surface area contributed by atoms with Gasteiger partial charge in [-0.1, -0.05) is 28.9 Å². The Bertz CT molecular complexity index is 1160. The molecule has 0 bridgehead atoms. The number of nitriles is 1. The Morgan fingerprint density at radius 2 is 2.11 bits per heavy atom. The van der Waals surface area contributed by atoms with Crippen molar-refractivity contribution in [1.29, 1.82) is 5.26 Å². The van der Waals surface area contributed by atoms with E-state index in [9.17, 15) is 0 Å². The van der Waals surface area contributed by atoms with Crippen LogP contribution in [0.4, 0.5) is 0 Å². The molecular weight excluding hydrogens is 362 g/mol. The van der Waals surface area contributed by atoms with E-state index in [1.807, 2.05) is 43.5 Å². The number of fused-ring (bicyclic) bond motifs is 1. The van der Waals surface area contributed by atoms with Gasteiger partial charge in [-0.25, -0.2) is 4.68 Å². The molecule has 1 aliphatic heterocycles. The first-order valence-corrected chi connectivity index (χ1v) is 8.95. The van der Waals surface area contributed by atoms with Gasteiger partial charge in [0.25, 0.3) is 0 Å². The zero-order valence-corrected chi connectivity index (χ0v) is 15.4. The predicted molar refractivity (Wildman–Crippen MR) is 101 cm³/mol. The summed E-state index contributed by atoms with van der Waals surface area (Å²) in [6.07, 6.45) is 2.32. The first-order chi connectivity index (χ1) is 13.2. The highest BCUT2D eigenvalue weighted by molar-refractivity contribution is 6.31. The van der Waals surface area contributed by atoms with E-state index in [1.165, 1.54) is 0 Å². The molecule has 7 heteroatoms. The molecule has 1 atom stereocenters. The number of hydrogen-bond donors (Lipinski definition) is 0. The summed E-state index contributed by atoms with van der Waals surface area (Å²) in [7, 11) is 0. The number of benzene rings is 2. The lowest BCUT2D eigenvalue weighted by molar-refractivity contribution is 0.171. The molecule has 0 unspecified atom stereocenters. The molecule has 1 aromatic heterocycles. The van der Waals surface area contributed by atoms with E-state index >= 15 is 0 Å².